The summed E-state index contributed by atoms with van der Waals surface area (Å²) in [5.41, 5.74) is 3.51. The summed E-state index contributed by atoms with van der Waals surface area (Å²) in [6.07, 6.45) is 2.29. The zero-order chi connectivity index (χ0) is 26.5. The summed E-state index contributed by atoms with van der Waals surface area (Å²) in [5.74, 6) is 0.836. The van der Waals surface area contributed by atoms with Gasteiger partial charge in [0.1, 0.15) is 11.4 Å². The molecule has 0 unspecified atom stereocenters. The lowest BCUT2D eigenvalue weighted by molar-refractivity contribution is -0.0689. The molecular weight excluding hydrogens is 472 g/mol. The summed E-state index contributed by atoms with van der Waals surface area (Å²) in [5, 5.41) is 0. The Balaban J connectivity index is 1.53. The van der Waals surface area contributed by atoms with Crippen LogP contribution in [0, 0.1) is 0 Å². The van der Waals surface area contributed by atoms with Gasteiger partial charge in [-0.05, 0) is 40.8 Å². The Morgan fingerprint density at radius 3 is 1.74 bits per heavy atom. The van der Waals surface area contributed by atoms with E-state index in [4.69, 9.17) is 18.9 Å². The average molecular weight is 509 g/mol. The van der Waals surface area contributed by atoms with Crippen LogP contribution >= 0.6 is 0 Å². The summed E-state index contributed by atoms with van der Waals surface area (Å²) in [6, 6.07) is 39.1. The highest BCUT2D eigenvalue weighted by Gasteiger charge is 2.38. The standard InChI is InChI=1S/C34H36O4/c1-3-24-37-33(23-25-36-26-28-19-21-32(35-2)22-20-28)27-38-34(29-13-7-4-8-14-29,30-15-9-5-10-16-30)31-17-11-6-12-18-31/h3-22,33H,1,23-27H2,2H3/t33-/m0/s1. The Kier molecular flexibility index (Phi) is 10.3. The highest BCUT2D eigenvalue weighted by atomic mass is 16.5. The van der Waals surface area contributed by atoms with Crippen LogP contribution in [-0.4, -0.2) is 33.0 Å². The van der Waals surface area contributed by atoms with Gasteiger partial charge in [0, 0.05) is 6.61 Å². The van der Waals surface area contributed by atoms with E-state index in [1.54, 1.807) is 13.2 Å². The van der Waals surface area contributed by atoms with Crippen molar-refractivity contribution >= 4 is 0 Å². The maximum absolute atomic E-state index is 6.96. The van der Waals surface area contributed by atoms with E-state index in [0.717, 1.165) is 28.0 Å². The summed E-state index contributed by atoms with van der Waals surface area (Å²) < 4.78 is 24.3. The topological polar surface area (TPSA) is 36.9 Å². The second kappa shape index (κ2) is 14.3. The fraction of sp³-hybridized carbons (Fsp3) is 0.235. The van der Waals surface area contributed by atoms with Gasteiger partial charge in [-0.1, -0.05) is 109 Å². The molecule has 0 amide bonds. The van der Waals surface area contributed by atoms with Crippen LogP contribution in [0.25, 0.3) is 0 Å². The van der Waals surface area contributed by atoms with E-state index in [0.29, 0.717) is 32.8 Å². The molecule has 196 valence electrons. The van der Waals surface area contributed by atoms with E-state index < -0.39 is 5.60 Å². The minimum atomic E-state index is -0.788. The van der Waals surface area contributed by atoms with Crippen molar-refractivity contribution in [3.8, 4) is 5.75 Å². The predicted molar refractivity (Wildman–Crippen MR) is 152 cm³/mol. The van der Waals surface area contributed by atoms with Gasteiger partial charge in [-0.15, -0.1) is 6.58 Å². The second-order valence-electron chi connectivity index (χ2n) is 9.02. The van der Waals surface area contributed by atoms with Crippen molar-refractivity contribution < 1.29 is 18.9 Å². The minimum Gasteiger partial charge on any atom is -0.497 e. The Hall–Kier alpha value is -3.70. The van der Waals surface area contributed by atoms with Crippen LogP contribution in [0.3, 0.4) is 0 Å². The highest BCUT2D eigenvalue weighted by molar-refractivity contribution is 5.47. The zero-order valence-corrected chi connectivity index (χ0v) is 22.0. The molecule has 4 aromatic carbocycles. The first-order valence-corrected chi connectivity index (χ1v) is 13.0. The van der Waals surface area contributed by atoms with Crippen LogP contribution in [0.5, 0.6) is 5.75 Å². The van der Waals surface area contributed by atoms with Crippen molar-refractivity contribution in [2.24, 2.45) is 0 Å². The third-order valence-corrected chi connectivity index (χ3v) is 6.49. The van der Waals surface area contributed by atoms with Crippen LogP contribution < -0.4 is 4.74 Å². The van der Waals surface area contributed by atoms with Crippen molar-refractivity contribution in [2.75, 3.05) is 26.9 Å². The summed E-state index contributed by atoms with van der Waals surface area (Å²) >= 11 is 0. The quantitative estimate of drug-likeness (QED) is 0.0968. The number of hydrogen-bond donors (Lipinski definition) is 0. The van der Waals surface area contributed by atoms with E-state index in [9.17, 15) is 0 Å². The lowest BCUT2D eigenvalue weighted by Crippen LogP contribution is -2.36. The molecule has 4 nitrogen and oxygen atoms in total. The summed E-state index contributed by atoms with van der Waals surface area (Å²) in [6.45, 7) is 5.74. The van der Waals surface area contributed by atoms with E-state index in [1.165, 1.54) is 0 Å². The SMILES string of the molecule is C=CCO[C@@H](CCOCc1ccc(OC)cc1)COC(c1ccccc1)(c1ccccc1)c1ccccc1. The summed E-state index contributed by atoms with van der Waals surface area (Å²) in [7, 11) is 1.67. The van der Waals surface area contributed by atoms with Gasteiger partial charge in [0.25, 0.3) is 0 Å². The third-order valence-electron chi connectivity index (χ3n) is 6.49. The molecule has 0 aliphatic carbocycles. The van der Waals surface area contributed by atoms with E-state index in [2.05, 4.69) is 79.4 Å². The van der Waals surface area contributed by atoms with Gasteiger partial charge < -0.3 is 18.9 Å². The number of ether oxygens (including phenoxy) is 4. The molecule has 4 aromatic rings. The number of benzene rings is 4. The molecule has 0 N–H and O–H groups in total. The van der Waals surface area contributed by atoms with Crippen LogP contribution in [0.2, 0.25) is 0 Å². The zero-order valence-electron chi connectivity index (χ0n) is 22.0. The van der Waals surface area contributed by atoms with Crippen LogP contribution in [0.1, 0.15) is 28.7 Å². The van der Waals surface area contributed by atoms with Gasteiger partial charge in [-0.2, -0.15) is 0 Å². The molecule has 0 fully saturated rings. The third kappa shape index (κ3) is 6.99. The van der Waals surface area contributed by atoms with Gasteiger partial charge in [-0.3, -0.25) is 0 Å². The number of rotatable bonds is 15. The first-order chi connectivity index (χ1) is 18.8. The molecule has 1 atom stereocenters. The smallest absolute Gasteiger partial charge is 0.143 e. The fourth-order valence-corrected chi connectivity index (χ4v) is 4.53. The lowest BCUT2D eigenvalue weighted by Gasteiger charge is -2.37. The molecule has 0 radical (unpaired) electrons. The van der Waals surface area contributed by atoms with Gasteiger partial charge >= 0.3 is 0 Å². The molecule has 0 saturated heterocycles. The number of hydrogen-bond acceptors (Lipinski definition) is 4. The molecule has 0 bridgehead atoms. The van der Waals surface area contributed by atoms with E-state index >= 15 is 0 Å². The average Bonchev–Trinajstić information content (AvgIpc) is 3.00. The molecule has 0 aromatic heterocycles. The lowest BCUT2D eigenvalue weighted by atomic mass is 9.80. The Morgan fingerprint density at radius 2 is 1.26 bits per heavy atom. The van der Waals surface area contributed by atoms with Crippen LogP contribution in [0.15, 0.2) is 128 Å². The molecule has 0 aliphatic heterocycles. The molecular formula is C34H36O4. The maximum atomic E-state index is 6.96. The molecule has 0 aliphatic rings. The van der Waals surface area contributed by atoms with Gasteiger partial charge in [0.15, 0.2) is 0 Å². The summed E-state index contributed by atoms with van der Waals surface area (Å²) in [4.78, 5) is 0. The second-order valence-corrected chi connectivity index (χ2v) is 9.02. The van der Waals surface area contributed by atoms with E-state index in [1.807, 2.05) is 42.5 Å². The minimum absolute atomic E-state index is 0.167. The van der Waals surface area contributed by atoms with Crippen molar-refractivity contribution in [1.29, 1.82) is 0 Å². The monoisotopic (exact) mass is 508 g/mol. The maximum Gasteiger partial charge on any atom is 0.143 e. The van der Waals surface area contributed by atoms with Gasteiger partial charge in [0.2, 0.25) is 0 Å². The van der Waals surface area contributed by atoms with Crippen LogP contribution in [-0.2, 0) is 26.4 Å². The molecule has 4 rings (SSSR count). The Labute approximate surface area is 226 Å². The largest absolute Gasteiger partial charge is 0.497 e. The first-order valence-electron chi connectivity index (χ1n) is 13.0. The Morgan fingerprint density at radius 1 is 0.737 bits per heavy atom. The van der Waals surface area contributed by atoms with Crippen molar-refractivity contribution in [2.45, 2.75) is 24.7 Å². The number of methoxy groups -OCH3 is 1. The fourth-order valence-electron chi connectivity index (χ4n) is 4.53. The molecule has 4 heteroatoms. The van der Waals surface area contributed by atoms with E-state index in [-0.39, 0.29) is 6.10 Å². The predicted octanol–water partition coefficient (Wildman–Crippen LogP) is 7.18. The molecule has 0 heterocycles. The van der Waals surface area contributed by atoms with Crippen molar-refractivity contribution in [3.63, 3.8) is 0 Å². The van der Waals surface area contributed by atoms with Gasteiger partial charge in [-0.25, -0.2) is 0 Å². The first kappa shape index (κ1) is 27.3. The molecule has 38 heavy (non-hydrogen) atoms. The Bertz CT molecular complexity index is 1110. The molecule has 0 spiro atoms. The molecule has 0 saturated carbocycles. The van der Waals surface area contributed by atoms with Crippen molar-refractivity contribution in [3.05, 3.63) is 150 Å². The normalized spacial score (nSPS) is 12.1. The van der Waals surface area contributed by atoms with Crippen LogP contribution in [0.4, 0.5) is 0 Å². The van der Waals surface area contributed by atoms with Gasteiger partial charge in [0.05, 0.1) is 33.0 Å². The highest BCUT2D eigenvalue weighted by Crippen LogP contribution is 2.40. The van der Waals surface area contributed by atoms with Crippen molar-refractivity contribution in [1.82, 2.24) is 0 Å².